The molecular weight excluding hydrogens is 233 g/mol. The second kappa shape index (κ2) is 5.31. The standard InChI is InChI=1S/C14H12FNO2/c15-11-3-1-10(2-4-11)9-14(18)16-12-5-7-13(17)8-6-12/h1-8,17H,9H2,(H,16,18). The molecule has 4 heteroatoms. The molecule has 2 aromatic rings. The van der Waals surface area contributed by atoms with Crippen molar-refractivity contribution < 1.29 is 14.3 Å². The van der Waals surface area contributed by atoms with E-state index in [1.165, 1.54) is 24.3 Å². The number of benzene rings is 2. The van der Waals surface area contributed by atoms with Crippen molar-refractivity contribution in [2.45, 2.75) is 6.42 Å². The number of nitrogens with one attached hydrogen (secondary N) is 1. The Labute approximate surface area is 104 Å². The van der Waals surface area contributed by atoms with E-state index in [0.717, 1.165) is 5.56 Å². The Morgan fingerprint density at radius 2 is 1.67 bits per heavy atom. The fraction of sp³-hybridized carbons (Fsp3) is 0.0714. The SMILES string of the molecule is O=C(Cc1ccc(F)cc1)Nc1ccc(O)cc1. The molecule has 0 aromatic heterocycles. The van der Waals surface area contributed by atoms with Gasteiger partial charge in [-0.25, -0.2) is 4.39 Å². The minimum absolute atomic E-state index is 0.145. The summed E-state index contributed by atoms with van der Waals surface area (Å²) >= 11 is 0. The molecule has 2 N–H and O–H groups in total. The molecule has 18 heavy (non-hydrogen) atoms. The van der Waals surface area contributed by atoms with Gasteiger partial charge in [0.2, 0.25) is 5.91 Å². The zero-order valence-corrected chi connectivity index (χ0v) is 9.56. The monoisotopic (exact) mass is 245 g/mol. The highest BCUT2D eigenvalue weighted by Gasteiger charge is 2.04. The van der Waals surface area contributed by atoms with Crippen molar-refractivity contribution in [2.75, 3.05) is 5.32 Å². The number of carbonyl (C=O) groups excluding carboxylic acids is 1. The van der Waals surface area contributed by atoms with Crippen LogP contribution in [0.25, 0.3) is 0 Å². The molecule has 0 spiro atoms. The highest BCUT2D eigenvalue weighted by atomic mass is 19.1. The van der Waals surface area contributed by atoms with Gasteiger partial charge in [-0.05, 0) is 42.0 Å². The number of hydrogen-bond acceptors (Lipinski definition) is 2. The number of anilines is 1. The number of halogens is 1. The molecule has 0 bridgehead atoms. The van der Waals surface area contributed by atoms with E-state index in [9.17, 15) is 9.18 Å². The predicted molar refractivity (Wildman–Crippen MR) is 66.8 cm³/mol. The Bertz CT molecular complexity index is 485. The van der Waals surface area contributed by atoms with Crippen molar-refractivity contribution in [2.24, 2.45) is 0 Å². The molecule has 0 heterocycles. The summed E-state index contributed by atoms with van der Waals surface area (Å²) in [6.45, 7) is 0. The maximum atomic E-state index is 12.7. The van der Waals surface area contributed by atoms with Crippen LogP contribution in [0.15, 0.2) is 48.5 Å². The molecule has 92 valence electrons. The van der Waals surface area contributed by atoms with Crippen LogP contribution in [0.4, 0.5) is 10.1 Å². The molecule has 0 atom stereocenters. The van der Waals surface area contributed by atoms with Crippen LogP contribution in [-0.4, -0.2) is 11.0 Å². The first-order chi connectivity index (χ1) is 8.63. The zero-order chi connectivity index (χ0) is 13.0. The Hall–Kier alpha value is -2.36. The third-order valence-electron chi connectivity index (χ3n) is 2.43. The van der Waals surface area contributed by atoms with Gasteiger partial charge in [0.25, 0.3) is 0 Å². The molecule has 0 aliphatic heterocycles. The van der Waals surface area contributed by atoms with Crippen LogP contribution in [0, 0.1) is 5.82 Å². The van der Waals surface area contributed by atoms with Gasteiger partial charge in [0.1, 0.15) is 11.6 Å². The number of aromatic hydroxyl groups is 1. The molecule has 2 aromatic carbocycles. The number of hydrogen-bond donors (Lipinski definition) is 2. The highest BCUT2D eigenvalue weighted by Crippen LogP contribution is 2.14. The van der Waals surface area contributed by atoms with Crippen LogP contribution in [0.3, 0.4) is 0 Å². The predicted octanol–water partition coefficient (Wildman–Crippen LogP) is 2.71. The summed E-state index contributed by atoms with van der Waals surface area (Å²) in [4.78, 5) is 11.7. The van der Waals surface area contributed by atoms with E-state index < -0.39 is 0 Å². The van der Waals surface area contributed by atoms with Gasteiger partial charge in [0.05, 0.1) is 6.42 Å². The van der Waals surface area contributed by atoms with Gasteiger partial charge < -0.3 is 10.4 Å². The smallest absolute Gasteiger partial charge is 0.228 e. The van der Waals surface area contributed by atoms with E-state index >= 15 is 0 Å². The van der Waals surface area contributed by atoms with Gasteiger partial charge in [0.15, 0.2) is 0 Å². The first-order valence-electron chi connectivity index (χ1n) is 5.47. The van der Waals surface area contributed by atoms with Gasteiger partial charge in [-0.15, -0.1) is 0 Å². The van der Waals surface area contributed by atoms with Crippen LogP contribution in [0.1, 0.15) is 5.56 Å². The summed E-state index contributed by atoms with van der Waals surface area (Å²) in [6.07, 6.45) is 0.182. The zero-order valence-electron chi connectivity index (χ0n) is 9.56. The first-order valence-corrected chi connectivity index (χ1v) is 5.47. The molecule has 0 aliphatic rings. The lowest BCUT2D eigenvalue weighted by atomic mass is 10.1. The summed E-state index contributed by atoms with van der Waals surface area (Å²) in [7, 11) is 0. The number of carbonyl (C=O) groups is 1. The number of rotatable bonds is 3. The van der Waals surface area contributed by atoms with Crippen molar-refractivity contribution in [1.82, 2.24) is 0 Å². The summed E-state index contributed by atoms with van der Waals surface area (Å²) < 4.78 is 12.7. The lowest BCUT2D eigenvalue weighted by Crippen LogP contribution is -2.14. The molecule has 0 unspecified atom stereocenters. The molecule has 3 nitrogen and oxygen atoms in total. The van der Waals surface area contributed by atoms with Crippen LogP contribution >= 0.6 is 0 Å². The quantitative estimate of drug-likeness (QED) is 0.817. The minimum atomic E-state index is -0.322. The van der Waals surface area contributed by atoms with Gasteiger partial charge >= 0.3 is 0 Å². The van der Waals surface area contributed by atoms with E-state index in [1.807, 2.05) is 0 Å². The molecule has 2 rings (SSSR count). The maximum absolute atomic E-state index is 12.7. The Morgan fingerprint density at radius 1 is 1.06 bits per heavy atom. The second-order valence-corrected chi connectivity index (χ2v) is 3.90. The molecule has 1 amide bonds. The molecule has 0 saturated carbocycles. The lowest BCUT2D eigenvalue weighted by Gasteiger charge is -2.05. The average molecular weight is 245 g/mol. The summed E-state index contributed by atoms with van der Waals surface area (Å²) in [5.41, 5.74) is 1.35. The van der Waals surface area contributed by atoms with E-state index in [0.29, 0.717) is 5.69 Å². The van der Waals surface area contributed by atoms with Gasteiger partial charge in [-0.2, -0.15) is 0 Å². The fourth-order valence-electron chi connectivity index (χ4n) is 1.54. The largest absolute Gasteiger partial charge is 0.508 e. The molecule has 0 saturated heterocycles. The Kier molecular flexibility index (Phi) is 3.57. The van der Waals surface area contributed by atoms with Crippen molar-refractivity contribution in [3.8, 4) is 5.75 Å². The molecule has 0 radical (unpaired) electrons. The summed E-state index contributed by atoms with van der Waals surface area (Å²) in [6, 6.07) is 12.0. The van der Waals surface area contributed by atoms with Crippen molar-refractivity contribution in [3.05, 3.63) is 59.9 Å². The van der Waals surface area contributed by atoms with Crippen molar-refractivity contribution >= 4 is 11.6 Å². The maximum Gasteiger partial charge on any atom is 0.228 e. The third-order valence-corrected chi connectivity index (χ3v) is 2.43. The average Bonchev–Trinajstić information content (AvgIpc) is 2.35. The van der Waals surface area contributed by atoms with Crippen LogP contribution in [0.2, 0.25) is 0 Å². The van der Waals surface area contributed by atoms with Crippen molar-refractivity contribution in [3.63, 3.8) is 0 Å². The fourth-order valence-corrected chi connectivity index (χ4v) is 1.54. The normalized spacial score (nSPS) is 10.1. The van der Waals surface area contributed by atoms with Gasteiger partial charge in [-0.3, -0.25) is 4.79 Å². The van der Waals surface area contributed by atoms with E-state index in [4.69, 9.17) is 5.11 Å². The lowest BCUT2D eigenvalue weighted by molar-refractivity contribution is -0.115. The van der Waals surface area contributed by atoms with E-state index in [2.05, 4.69) is 5.32 Å². The second-order valence-electron chi connectivity index (χ2n) is 3.90. The van der Waals surface area contributed by atoms with Crippen LogP contribution in [0.5, 0.6) is 5.75 Å². The number of phenols is 1. The first kappa shape index (κ1) is 12.1. The van der Waals surface area contributed by atoms with Crippen LogP contribution in [-0.2, 0) is 11.2 Å². The number of amides is 1. The topological polar surface area (TPSA) is 49.3 Å². The van der Waals surface area contributed by atoms with E-state index in [1.54, 1.807) is 24.3 Å². The van der Waals surface area contributed by atoms with Gasteiger partial charge in [-0.1, -0.05) is 12.1 Å². The molecule has 0 aliphatic carbocycles. The highest BCUT2D eigenvalue weighted by molar-refractivity contribution is 5.92. The van der Waals surface area contributed by atoms with E-state index in [-0.39, 0.29) is 23.9 Å². The van der Waals surface area contributed by atoms with Crippen molar-refractivity contribution in [1.29, 1.82) is 0 Å². The summed E-state index contributed by atoms with van der Waals surface area (Å²) in [5.74, 6) is -0.364. The summed E-state index contributed by atoms with van der Waals surface area (Å²) in [5, 5.41) is 11.8. The third kappa shape index (κ3) is 3.31. The number of phenolic OH excluding ortho intramolecular Hbond substituents is 1. The van der Waals surface area contributed by atoms with Crippen LogP contribution < -0.4 is 5.32 Å². The minimum Gasteiger partial charge on any atom is -0.508 e. The Morgan fingerprint density at radius 3 is 2.28 bits per heavy atom. The Balaban J connectivity index is 1.96. The molecular formula is C14H12FNO2. The molecule has 0 fully saturated rings. The van der Waals surface area contributed by atoms with Gasteiger partial charge in [0, 0.05) is 5.69 Å².